The highest BCUT2D eigenvalue weighted by Crippen LogP contribution is 2.19. The van der Waals surface area contributed by atoms with Crippen LogP contribution in [0.3, 0.4) is 0 Å². The number of hydrogen-bond donors (Lipinski definition) is 1. The van der Waals surface area contributed by atoms with E-state index >= 15 is 0 Å². The Kier molecular flexibility index (Phi) is 8.93. The standard InChI is InChI=1S/C22H35N3O3/c1-4-13-23(5-2)16-18-7-9-19(10-8-18)22(28)25-14-11-20(12-15-25)24(6-3)17-21(26)27/h7-10,20H,4-6,11-17H2,1-3H3,(H,26,27). The van der Waals surface area contributed by atoms with E-state index in [-0.39, 0.29) is 18.5 Å². The molecule has 0 aliphatic carbocycles. The molecule has 1 aliphatic rings. The molecule has 1 heterocycles. The van der Waals surface area contributed by atoms with Crippen molar-refractivity contribution < 1.29 is 14.7 Å². The van der Waals surface area contributed by atoms with E-state index in [9.17, 15) is 9.59 Å². The molecule has 1 aromatic carbocycles. The highest BCUT2D eigenvalue weighted by atomic mass is 16.4. The average Bonchev–Trinajstić information content (AvgIpc) is 2.71. The second kappa shape index (κ2) is 11.2. The van der Waals surface area contributed by atoms with Crippen molar-refractivity contribution in [1.82, 2.24) is 14.7 Å². The number of aliphatic carboxylic acids is 1. The van der Waals surface area contributed by atoms with E-state index in [0.29, 0.717) is 13.1 Å². The molecular weight excluding hydrogens is 354 g/mol. The molecule has 2 rings (SSSR count). The first kappa shape index (κ1) is 22.4. The molecule has 28 heavy (non-hydrogen) atoms. The Morgan fingerprint density at radius 2 is 1.71 bits per heavy atom. The normalized spacial score (nSPS) is 15.4. The van der Waals surface area contributed by atoms with Gasteiger partial charge in [0, 0.05) is 31.2 Å². The monoisotopic (exact) mass is 389 g/mol. The van der Waals surface area contributed by atoms with Crippen LogP contribution < -0.4 is 0 Å². The number of nitrogens with zero attached hydrogens (tertiary/aromatic N) is 3. The van der Waals surface area contributed by atoms with Gasteiger partial charge < -0.3 is 10.0 Å². The summed E-state index contributed by atoms with van der Waals surface area (Å²) in [5.74, 6) is -0.715. The Hall–Kier alpha value is -1.92. The lowest BCUT2D eigenvalue weighted by molar-refractivity contribution is -0.139. The predicted molar refractivity (Wildman–Crippen MR) is 111 cm³/mol. The summed E-state index contributed by atoms with van der Waals surface area (Å²) in [7, 11) is 0. The number of rotatable bonds is 10. The fourth-order valence-electron chi connectivity index (χ4n) is 3.97. The van der Waals surface area contributed by atoms with E-state index in [4.69, 9.17) is 5.11 Å². The maximum Gasteiger partial charge on any atom is 0.317 e. The number of benzene rings is 1. The van der Waals surface area contributed by atoms with Gasteiger partial charge in [0.25, 0.3) is 5.91 Å². The number of likely N-dealkylation sites (N-methyl/N-ethyl adjacent to an activating group) is 1. The summed E-state index contributed by atoms with van der Waals surface area (Å²) in [6, 6.07) is 8.23. The van der Waals surface area contributed by atoms with Crippen LogP contribution in [0.5, 0.6) is 0 Å². The number of amides is 1. The topological polar surface area (TPSA) is 64.1 Å². The molecule has 0 radical (unpaired) electrons. The fraction of sp³-hybridized carbons (Fsp3) is 0.636. The maximum absolute atomic E-state index is 12.8. The third-order valence-electron chi connectivity index (χ3n) is 5.61. The van der Waals surface area contributed by atoms with Crippen molar-refractivity contribution in [2.75, 3.05) is 39.3 Å². The SMILES string of the molecule is CCCN(CC)Cc1ccc(C(=O)N2CCC(N(CC)CC(=O)O)CC2)cc1. The minimum absolute atomic E-state index is 0.0728. The van der Waals surface area contributed by atoms with Crippen LogP contribution >= 0.6 is 0 Å². The van der Waals surface area contributed by atoms with E-state index < -0.39 is 5.97 Å². The van der Waals surface area contributed by atoms with Gasteiger partial charge in [-0.05, 0) is 56.6 Å². The molecule has 0 saturated carbocycles. The van der Waals surface area contributed by atoms with Crippen LogP contribution in [0, 0.1) is 0 Å². The van der Waals surface area contributed by atoms with Crippen molar-refractivity contribution in [3.63, 3.8) is 0 Å². The van der Waals surface area contributed by atoms with Crippen LogP contribution in [-0.2, 0) is 11.3 Å². The van der Waals surface area contributed by atoms with Crippen molar-refractivity contribution in [2.45, 2.75) is 52.6 Å². The zero-order valence-corrected chi connectivity index (χ0v) is 17.6. The molecule has 6 nitrogen and oxygen atoms in total. The van der Waals surface area contributed by atoms with Crippen LogP contribution in [0.4, 0.5) is 0 Å². The van der Waals surface area contributed by atoms with Crippen LogP contribution in [0.1, 0.15) is 56.0 Å². The van der Waals surface area contributed by atoms with Crippen molar-refractivity contribution in [1.29, 1.82) is 0 Å². The first-order valence-corrected chi connectivity index (χ1v) is 10.5. The highest BCUT2D eigenvalue weighted by molar-refractivity contribution is 5.94. The van der Waals surface area contributed by atoms with Crippen molar-refractivity contribution in [3.8, 4) is 0 Å². The molecule has 1 amide bonds. The van der Waals surface area contributed by atoms with E-state index in [1.807, 2.05) is 28.9 Å². The third kappa shape index (κ3) is 6.31. The molecule has 0 spiro atoms. The van der Waals surface area contributed by atoms with Gasteiger partial charge in [0.1, 0.15) is 0 Å². The van der Waals surface area contributed by atoms with Crippen molar-refractivity contribution in [3.05, 3.63) is 35.4 Å². The summed E-state index contributed by atoms with van der Waals surface area (Å²) in [5.41, 5.74) is 1.97. The van der Waals surface area contributed by atoms with Gasteiger partial charge in [-0.2, -0.15) is 0 Å². The van der Waals surface area contributed by atoms with E-state index in [1.165, 1.54) is 5.56 Å². The van der Waals surface area contributed by atoms with Gasteiger partial charge >= 0.3 is 5.97 Å². The maximum atomic E-state index is 12.8. The van der Waals surface area contributed by atoms with Gasteiger partial charge in [-0.25, -0.2) is 0 Å². The van der Waals surface area contributed by atoms with E-state index in [2.05, 4.69) is 30.9 Å². The molecule has 156 valence electrons. The second-order valence-corrected chi connectivity index (χ2v) is 7.55. The Labute approximate surface area is 169 Å². The molecule has 0 bridgehead atoms. The Morgan fingerprint density at radius 3 is 2.21 bits per heavy atom. The molecule has 1 N–H and O–H groups in total. The van der Waals surface area contributed by atoms with Gasteiger partial charge in [0.15, 0.2) is 0 Å². The minimum Gasteiger partial charge on any atom is -0.480 e. The first-order valence-electron chi connectivity index (χ1n) is 10.5. The predicted octanol–water partition coefficient (Wildman–Crippen LogP) is 2.93. The summed E-state index contributed by atoms with van der Waals surface area (Å²) >= 11 is 0. The zero-order valence-electron chi connectivity index (χ0n) is 17.6. The van der Waals surface area contributed by atoms with Gasteiger partial charge in [0.05, 0.1) is 6.54 Å². The minimum atomic E-state index is -0.791. The number of carboxylic acid groups (broad SMARTS) is 1. The first-order chi connectivity index (χ1) is 13.5. The number of hydrogen-bond acceptors (Lipinski definition) is 4. The van der Waals surface area contributed by atoms with Crippen molar-refractivity contribution >= 4 is 11.9 Å². The van der Waals surface area contributed by atoms with Crippen LogP contribution in [0.2, 0.25) is 0 Å². The van der Waals surface area contributed by atoms with Crippen LogP contribution in [0.25, 0.3) is 0 Å². The molecule has 0 aromatic heterocycles. The lowest BCUT2D eigenvalue weighted by Crippen LogP contribution is -2.48. The summed E-state index contributed by atoms with van der Waals surface area (Å²) in [6.07, 6.45) is 2.79. The molecule has 6 heteroatoms. The van der Waals surface area contributed by atoms with Gasteiger partial charge in [0.2, 0.25) is 0 Å². The smallest absolute Gasteiger partial charge is 0.317 e. The summed E-state index contributed by atoms with van der Waals surface area (Å²) < 4.78 is 0. The quantitative estimate of drug-likeness (QED) is 0.667. The Balaban J connectivity index is 1.90. The molecule has 1 saturated heterocycles. The second-order valence-electron chi connectivity index (χ2n) is 7.55. The third-order valence-corrected chi connectivity index (χ3v) is 5.61. The Morgan fingerprint density at radius 1 is 1.07 bits per heavy atom. The number of piperidine rings is 1. The molecule has 1 aromatic rings. The number of carbonyl (C=O) groups is 2. The summed E-state index contributed by atoms with van der Waals surface area (Å²) in [4.78, 5) is 30.1. The number of likely N-dealkylation sites (tertiary alicyclic amines) is 1. The molecular formula is C22H35N3O3. The lowest BCUT2D eigenvalue weighted by Gasteiger charge is -2.37. The molecule has 1 fully saturated rings. The highest BCUT2D eigenvalue weighted by Gasteiger charge is 2.27. The molecule has 1 aliphatic heterocycles. The fourth-order valence-corrected chi connectivity index (χ4v) is 3.97. The lowest BCUT2D eigenvalue weighted by atomic mass is 10.0. The zero-order chi connectivity index (χ0) is 20.5. The van der Waals surface area contributed by atoms with E-state index in [0.717, 1.165) is 51.0 Å². The van der Waals surface area contributed by atoms with Crippen molar-refractivity contribution in [2.24, 2.45) is 0 Å². The van der Waals surface area contributed by atoms with Crippen LogP contribution in [0.15, 0.2) is 24.3 Å². The largest absolute Gasteiger partial charge is 0.480 e. The Bertz CT molecular complexity index is 624. The van der Waals surface area contributed by atoms with Gasteiger partial charge in [-0.1, -0.05) is 32.9 Å². The number of carboxylic acids is 1. The van der Waals surface area contributed by atoms with Gasteiger partial charge in [-0.3, -0.25) is 19.4 Å². The summed E-state index contributed by atoms with van der Waals surface area (Å²) in [5, 5.41) is 9.05. The van der Waals surface area contributed by atoms with Crippen LogP contribution in [-0.4, -0.2) is 77.0 Å². The number of carbonyl (C=O) groups excluding carboxylic acids is 1. The average molecular weight is 390 g/mol. The van der Waals surface area contributed by atoms with E-state index in [1.54, 1.807) is 0 Å². The summed E-state index contributed by atoms with van der Waals surface area (Å²) in [6.45, 7) is 11.5. The molecule has 0 unspecified atom stereocenters. The molecule has 0 atom stereocenters. The van der Waals surface area contributed by atoms with Gasteiger partial charge in [-0.15, -0.1) is 0 Å².